The molecule has 0 saturated carbocycles. The molecule has 3 N–H and O–H groups in total. The summed E-state index contributed by atoms with van der Waals surface area (Å²) in [6.45, 7) is 11.6. The van der Waals surface area contributed by atoms with E-state index in [4.69, 9.17) is 37.0 Å². The van der Waals surface area contributed by atoms with E-state index in [9.17, 15) is 43.2 Å². The first-order chi connectivity index (χ1) is 39.8. The molecule has 0 rings (SSSR count). The van der Waals surface area contributed by atoms with Crippen LogP contribution in [0.4, 0.5) is 0 Å². The van der Waals surface area contributed by atoms with E-state index in [1.54, 1.807) is 0 Å². The Hall–Kier alpha value is -1.94. The van der Waals surface area contributed by atoms with Crippen molar-refractivity contribution in [3.05, 3.63) is 0 Å². The Kier molecular flexibility index (Phi) is 54.1. The van der Waals surface area contributed by atoms with E-state index in [0.29, 0.717) is 31.6 Å². The van der Waals surface area contributed by atoms with Crippen molar-refractivity contribution in [2.45, 2.75) is 330 Å². The summed E-state index contributed by atoms with van der Waals surface area (Å²) in [5.41, 5.74) is 0. The molecular formula is C64H124O17P2. The van der Waals surface area contributed by atoms with Gasteiger partial charge < -0.3 is 33.8 Å². The summed E-state index contributed by atoms with van der Waals surface area (Å²) >= 11 is 0. The van der Waals surface area contributed by atoms with Crippen LogP contribution in [0.1, 0.15) is 312 Å². The van der Waals surface area contributed by atoms with E-state index in [0.717, 1.165) is 115 Å². The third-order valence-corrected chi connectivity index (χ3v) is 17.3. The Morgan fingerprint density at radius 2 is 0.614 bits per heavy atom. The topological polar surface area (TPSA) is 237 Å². The highest BCUT2D eigenvalue weighted by Crippen LogP contribution is 2.45. The van der Waals surface area contributed by atoms with Crippen molar-refractivity contribution in [1.29, 1.82) is 0 Å². The average Bonchev–Trinajstić information content (AvgIpc) is 3.46. The second-order valence-electron chi connectivity index (χ2n) is 24.1. The molecule has 0 heterocycles. The molecule has 0 amide bonds. The van der Waals surface area contributed by atoms with Crippen molar-refractivity contribution < 1.29 is 80.2 Å². The van der Waals surface area contributed by atoms with Gasteiger partial charge in [-0.05, 0) is 43.4 Å². The first kappa shape index (κ1) is 81.1. The van der Waals surface area contributed by atoms with Crippen molar-refractivity contribution in [2.24, 2.45) is 17.8 Å². The molecule has 0 bridgehead atoms. The third-order valence-electron chi connectivity index (χ3n) is 15.4. The molecule has 0 spiro atoms. The molecule has 0 saturated heterocycles. The molecule has 0 aliphatic carbocycles. The lowest BCUT2D eigenvalue weighted by molar-refractivity contribution is -0.161. The molecule has 0 aliphatic rings. The first-order valence-electron chi connectivity index (χ1n) is 33.4. The minimum Gasteiger partial charge on any atom is -0.462 e. The summed E-state index contributed by atoms with van der Waals surface area (Å²) in [4.78, 5) is 72.2. The van der Waals surface area contributed by atoms with E-state index in [1.165, 1.54) is 109 Å². The molecule has 19 heteroatoms. The minimum atomic E-state index is -4.95. The van der Waals surface area contributed by atoms with Gasteiger partial charge in [-0.1, -0.05) is 260 Å². The number of phosphoric acid groups is 2. The number of carbonyl (C=O) groups is 4. The van der Waals surface area contributed by atoms with Crippen molar-refractivity contribution in [3.63, 3.8) is 0 Å². The lowest BCUT2D eigenvalue weighted by Gasteiger charge is -2.21. The number of hydrogen-bond acceptors (Lipinski definition) is 15. The fraction of sp³-hybridized carbons (Fsp3) is 0.938. The van der Waals surface area contributed by atoms with Crippen LogP contribution >= 0.6 is 15.6 Å². The predicted molar refractivity (Wildman–Crippen MR) is 331 cm³/mol. The minimum absolute atomic E-state index is 0.101. The third kappa shape index (κ3) is 56.3. The van der Waals surface area contributed by atoms with Crippen LogP contribution in [-0.2, 0) is 65.4 Å². The highest BCUT2D eigenvalue weighted by atomic mass is 31.2. The number of aliphatic hydroxyl groups is 1. The van der Waals surface area contributed by atoms with Crippen LogP contribution in [0.3, 0.4) is 0 Å². The van der Waals surface area contributed by atoms with E-state index in [2.05, 4.69) is 48.5 Å². The van der Waals surface area contributed by atoms with Gasteiger partial charge in [0, 0.05) is 25.7 Å². The summed E-state index contributed by atoms with van der Waals surface area (Å²) < 4.78 is 68.0. The van der Waals surface area contributed by atoms with Gasteiger partial charge in [-0.2, -0.15) is 0 Å². The van der Waals surface area contributed by atoms with Crippen molar-refractivity contribution in [3.8, 4) is 0 Å². The van der Waals surface area contributed by atoms with Crippen LogP contribution in [0.15, 0.2) is 0 Å². The normalized spacial score (nSPS) is 15.0. The van der Waals surface area contributed by atoms with Gasteiger partial charge >= 0.3 is 39.5 Å². The predicted octanol–water partition coefficient (Wildman–Crippen LogP) is 17.5. The SMILES string of the molecule is CCCCCCCCCCCCCCCCC(=O)O[C@H](COC(=O)CCCCCCCCC(C)CC)COP(=O)(O)OC[C@@H](O)COP(=O)(O)OC[C@@H](COC(=O)CCCCCCCCC(C)C)OC(=O)CCCCCCCCC(C)CC. The number of ether oxygens (including phenoxy) is 4. The highest BCUT2D eigenvalue weighted by molar-refractivity contribution is 7.47. The fourth-order valence-corrected chi connectivity index (χ4v) is 11.0. The molecule has 17 nitrogen and oxygen atoms in total. The zero-order valence-corrected chi connectivity index (χ0v) is 55.4. The maximum absolute atomic E-state index is 13.0. The molecule has 83 heavy (non-hydrogen) atoms. The van der Waals surface area contributed by atoms with Gasteiger partial charge in [-0.3, -0.25) is 37.3 Å². The average molecular weight is 1230 g/mol. The van der Waals surface area contributed by atoms with Crippen molar-refractivity contribution in [2.75, 3.05) is 39.6 Å². The van der Waals surface area contributed by atoms with Gasteiger partial charge in [0.15, 0.2) is 12.2 Å². The second-order valence-corrected chi connectivity index (χ2v) is 27.0. The zero-order valence-electron chi connectivity index (χ0n) is 53.6. The molecule has 0 aromatic carbocycles. The van der Waals surface area contributed by atoms with E-state index in [1.807, 2.05) is 0 Å². The molecule has 0 aliphatic heterocycles. The first-order valence-corrected chi connectivity index (χ1v) is 36.4. The number of carbonyl (C=O) groups excluding carboxylic acids is 4. The van der Waals surface area contributed by atoms with Crippen LogP contribution in [0.5, 0.6) is 0 Å². The molecule has 492 valence electrons. The number of unbranched alkanes of at least 4 members (excludes halogenated alkanes) is 28. The number of aliphatic hydroxyl groups excluding tert-OH is 1. The van der Waals surface area contributed by atoms with Crippen LogP contribution in [0.2, 0.25) is 0 Å². The Balaban J connectivity index is 5.25. The molecule has 0 fully saturated rings. The number of rotatable bonds is 62. The number of hydrogen-bond donors (Lipinski definition) is 3. The summed E-state index contributed by atoms with van der Waals surface area (Å²) in [5.74, 6) is -0.00941. The second kappa shape index (κ2) is 55.4. The van der Waals surface area contributed by atoms with Gasteiger partial charge in [0.05, 0.1) is 26.4 Å². The molecule has 4 unspecified atom stereocenters. The maximum atomic E-state index is 13.0. The largest absolute Gasteiger partial charge is 0.472 e. The maximum Gasteiger partial charge on any atom is 0.472 e. The van der Waals surface area contributed by atoms with E-state index >= 15 is 0 Å². The highest BCUT2D eigenvalue weighted by Gasteiger charge is 2.30. The van der Waals surface area contributed by atoms with Gasteiger partial charge in [-0.25, -0.2) is 9.13 Å². The lowest BCUT2D eigenvalue weighted by Crippen LogP contribution is -2.30. The van der Waals surface area contributed by atoms with E-state index in [-0.39, 0.29) is 25.7 Å². The Bertz CT molecular complexity index is 1650. The molecule has 0 aromatic rings. The Morgan fingerprint density at radius 3 is 0.916 bits per heavy atom. The quantitative estimate of drug-likeness (QED) is 0.0222. The smallest absolute Gasteiger partial charge is 0.462 e. The lowest BCUT2D eigenvalue weighted by atomic mass is 10.00. The summed E-state index contributed by atoms with van der Waals surface area (Å²) in [7, 11) is -9.89. The van der Waals surface area contributed by atoms with Gasteiger partial charge in [0.1, 0.15) is 19.3 Å². The Morgan fingerprint density at radius 1 is 0.349 bits per heavy atom. The van der Waals surface area contributed by atoms with Gasteiger partial charge in [0.25, 0.3) is 0 Å². The molecule has 0 radical (unpaired) electrons. The zero-order chi connectivity index (χ0) is 61.7. The summed E-state index contributed by atoms with van der Waals surface area (Å²) in [6, 6.07) is 0. The molecule has 0 aromatic heterocycles. The number of esters is 4. The Labute approximate surface area is 505 Å². The van der Waals surface area contributed by atoms with Crippen LogP contribution in [0, 0.1) is 17.8 Å². The fourth-order valence-electron chi connectivity index (χ4n) is 9.42. The van der Waals surface area contributed by atoms with Gasteiger partial charge in [-0.15, -0.1) is 0 Å². The van der Waals surface area contributed by atoms with Gasteiger partial charge in [0.2, 0.25) is 0 Å². The van der Waals surface area contributed by atoms with Crippen molar-refractivity contribution >= 4 is 39.5 Å². The van der Waals surface area contributed by atoms with Crippen molar-refractivity contribution in [1.82, 2.24) is 0 Å². The van der Waals surface area contributed by atoms with Crippen LogP contribution in [0.25, 0.3) is 0 Å². The van der Waals surface area contributed by atoms with Crippen LogP contribution in [-0.4, -0.2) is 96.7 Å². The molecule has 7 atom stereocenters. The van der Waals surface area contributed by atoms with Crippen LogP contribution < -0.4 is 0 Å². The standard InChI is InChI=1S/C64H124O17P2/c1-8-11-12-13-14-15-16-17-18-19-20-21-33-40-47-63(68)80-59(51-75-62(67)46-39-32-26-23-29-36-43-56(6)9-2)53-78-82(70,71)76-49-58(65)50-77-83(72,73)79-54-60(52-74-61(66)45-38-31-25-22-28-35-42-55(4)5)81-64(69)48-41-34-27-24-30-37-44-57(7)10-3/h55-60,65H,8-54H2,1-7H3,(H,70,71)(H,72,73)/t56?,57?,58-,59-,60-/m1/s1. The molecular weight excluding hydrogens is 1100 g/mol. The summed E-state index contributed by atoms with van der Waals surface area (Å²) in [6.07, 6.45) is 36.4. The number of phosphoric ester groups is 2. The summed E-state index contributed by atoms with van der Waals surface area (Å²) in [5, 5.41) is 10.5. The van der Waals surface area contributed by atoms with E-state index < -0.39 is 97.5 Å². The monoisotopic (exact) mass is 1230 g/mol.